The van der Waals surface area contributed by atoms with E-state index in [2.05, 4.69) is 10.6 Å². The number of amides is 1. The van der Waals surface area contributed by atoms with Crippen molar-refractivity contribution < 1.29 is 9.53 Å². The van der Waals surface area contributed by atoms with Gasteiger partial charge in [0, 0.05) is 18.0 Å². The van der Waals surface area contributed by atoms with Crippen LogP contribution in [-0.2, 0) is 11.3 Å². The lowest BCUT2D eigenvalue weighted by Crippen LogP contribution is -2.49. The van der Waals surface area contributed by atoms with Crippen molar-refractivity contribution in [2.75, 3.05) is 13.1 Å². The van der Waals surface area contributed by atoms with Crippen LogP contribution in [0.3, 0.4) is 0 Å². The average molecular weight is 310 g/mol. The van der Waals surface area contributed by atoms with Gasteiger partial charge in [0.25, 0.3) is 0 Å². The molecule has 1 atom stereocenters. The summed E-state index contributed by atoms with van der Waals surface area (Å²) in [5.41, 5.74) is 0.976. The molecule has 4 heteroatoms. The average Bonchev–Trinajstić information content (AvgIpc) is 2.53. The van der Waals surface area contributed by atoms with Gasteiger partial charge in [0.15, 0.2) is 0 Å². The van der Waals surface area contributed by atoms with Gasteiger partial charge in [0.2, 0.25) is 5.91 Å². The first-order valence-corrected chi connectivity index (χ1v) is 8.03. The predicted molar refractivity (Wildman–Crippen MR) is 90.3 cm³/mol. The van der Waals surface area contributed by atoms with E-state index in [1.165, 1.54) is 0 Å². The second-order valence-electron chi connectivity index (χ2n) is 5.95. The lowest BCUT2D eigenvalue weighted by atomic mass is 9.88. The maximum atomic E-state index is 12.2. The third kappa shape index (κ3) is 3.90. The molecule has 1 saturated heterocycles. The van der Waals surface area contributed by atoms with Gasteiger partial charge in [0.05, 0.1) is 0 Å². The van der Waals surface area contributed by atoms with Crippen LogP contribution < -0.4 is 15.4 Å². The topological polar surface area (TPSA) is 50.4 Å². The fraction of sp³-hybridized carbons (Fsp3) is 0.316. The van der Waals surface area contributed by atoms with E-state index in [9.17, 15) is 4.79 Å². The normalized spacial score (nSPS) is 15.5. The molecule has 23 heavy (non-hydrogen) atoms. The van der Waals surface area contributed by atoms with Gasteiger partial charge in [0.1, 0.15) is 11.5 Å². The molecule has 0 bridgehead atoms. The molecule has 4 nitrogen and oxygen atoms in total. The standard InChI is InChI=1S/C19H22N2O2/c1-14(16-11-20-12-16)19(22)21-13-15-7-5-6-10-18(15)23-17-8-3-2-4-9-17/h2-10,14,16,20H,11-13H2,1H3,(H,21,22). The molecule has 2 N–H and O–H groups in total. The molecule has 1 fully saturated rings. The number of carbonyl (C=O) groups is 1. The van der Waals surface area contributed by atoms with E-state index in [0.29, 0.717) is 12.5 Å². The molecule has 1 heterocycles. The summed E-state index contributed by atoms with van der Waals surface area (Å²) < 4.78 is 5.92. The Balaban J connectivity index is 1.62. The van der Waals surface area contributed by atoms with Crippen molar-refractivity contribution in [1.82, 2.24) is 10.6 Å². The minimum absolute atomic E-state index is 0.0402. The third-order valence-electron chi connectivity index (χ3n) is 4.33. The zero-order chi connectivity index (χ0) is 16.1. The quantitative estimate of drug-likeness (QED) is 0.862. The van der Waals surface area contributed by atoms with Crippen molar-refractivity contribution >= 4 is 5.91 Å². The van der Waals surface area contributed by atoms with Gasteiger partial charge in [-0.15, -0.1) is 0 Å². The lowest BCUT2D eigenvalue weighted by Gasteiger charge is -2.31. The van der Waals surface area contributed by atoms with Crippen molar-refractivity contribution in [3.63, 3.8) is 0 Å². The third-order valence-corrected chi connectivity index (χ3v) is 4.33. The number of hydrogen-bond donors (Lipinski definition) is 2. The molecule has 120 valence electrons. The first-order chi connectivity index (χ1) is 11.2. The van der Waals surface area contributed by atoms with Gasteiger partial charge in [-0.1, -0.05) is 43.3 Å². The van der Waals surface area contributed by atoms with Crippen LogP contribution in [0, 0.1) is 11.8 Å². The van der Waals surface area contributed by atoms with Gasteiger partial charge in [-0.05, 0) is 37.2 Å². The van der Waals surface area contributed by atoms with Gasteiger partial charge >= 0.3 is 0 Å². The van der Waals surface area contributed by atoms with Crippen LogP contribution in [-0.4, -0.2) is 19.0 Å². The van der Waals surface area contributed by atoms with E-state index in [1.54, 1.807) is 0 Å². The number of carbonyl (C=O) groups excluding carboxylic acids is 1. The minimum atomic E-state index is 0.0402. The number of ether oxygens (including phenoxy) is 1. The molecule has 1 amide bonds. The number of hydrogen-bond acceptors (Lipinski definition) is 3. The number of nitrogens with one attached hydrogen (secondary N) is 2. The number of para-hydroxylation sites is 2. The molecule has 0 aliphatic carbocycles. The smallest absolute Gasteiger partial charge is 0.223 e. The molecule has 0 aromatic heterocycles. The zero-order valence-corrected chi connectivity index (χ0v) is 13.3. The second kappa shape index (κ2) is 7.29. The molecule has 0 spiro atoms. The van der Waals surface area contributed by atoms with Crippen LogP contribution in [0.2, 0.25) is 0 Å². The summed E-state index contributed by atoms with van der Waals surface area (Å²) in [7, 11) is 0. The fourth-order valence-electron chi connectivity index (χ4n) is 2.59. The lowest BCUT2D eigenvalue weighted by molar-refractivity contribution is -0.126. The fourth-order valence-corrected chi connectivity index (χ4v) is 2.59. The van der Waals surface area contributed by atoms with Crippen LogP contribution in [0.25, 0.3) is 0 Å². The van der Waals surface area contributed by atoms with Crippen LogP contribution in [0.1, 0.15) is 12.5 Å². The molecular weight excluding hydrogens is 288 g/mol. The Hall–Kier alpha value is -2.33. The molecule has 1 aliphatic heterocycles. The summed E-state index contributed by atoms with van der Waals surface area (Å²) in [5.74, 6) is 2.16. The highest BCUT2D eigenvalue weighted by Crippen LogP contribution is 2.25. The Bertz CT molecular complexity index is 653. The Morgan fingerprint density at radius 3 is 2.57 bits per heavy atom. The Labute approximate surface area is 136 Å². The van der Waals surface area contributed by atoms with Crippen molar-refractivity contribution in [2.24, 2.45) is 11.8 Å². The van der Waals surface area contributed by atoms with E-state index in [-0.39, 0.29) is 11.8 Å². The number of rotatable bonds is 6. The van der Waals surface area contributed by atoms with E-state index in [4.69, 9.17) is 4.74 Å². The zero-order valence-electron chi connectivity index (χ0n) is 13.3. The molecule has 3 rings (SSSR count). The maximum Gasteiger partial charge on any atom is 0.223 e. The van der Waals surface area contributed by atoms with E-state index < -0.39 is 0 Å². The molecule has 1 unspecified atom stereocenters. The van der Waals surface area contributed by atoms with Crippen LogP contribution in [0.15, 0.2) is 54.6 Å². The van der Waals surface area contributed by atoms with Crippen molar-refractivity contribution in [1.29, 1.82) is 0 Å². The second-order valence-corrected chi connectivity index (χ2v) is 5.95. The number of benzene rings is 2. The molecular formula is C19H22N2O2. The van der Waals surface area contributed by atoms with Gasteiger partial charge < -0.3 is 15.4 Å². The van der Waals surface area contributed by atoms with Crippen LogP contribution >= 0.6 is 0 Å². The maximum absolute atomic E-state index is 12.2. The molecule has 1 aliphatic rings. The summed E-state index contributed by atoms with van der Waals surface area (Å²) in [4.78, 5) is 12.2. The SMILES string of the molecule is CC(C(=O)NCc1ccccc1Oc1ccccc1)C1CNC1. The van der Waals surface area contributed by atoms with Gasteiger partial charge in [-0.25, -0.2) is 0 Å². The monoisotopic (exact) mass is 310 g/mol. The molecule has 0 radical (unpaired) electrons. The molecule has 2 aromatic carbocycles. The van der Waals surface area contributed by atoms with Crippen molar-refractivity contribution in [3.05, 3.63) is 60.2 Å². The van der Waals surface area contributed by atoms with E-state index in [0.717, 1.165) is 30.2 Å². The Morgan fingerprint density at radius 2 is 1.87 bits per heavy atom. The molecule has 2 aromatic rings. The first-order valence-electron chi connectivity index (χ1n) is 8.03. The summed E-state index contributed by atoms with van der Waals surface area (Å²) in [6, 6.07) is 17.5. The molecule has 0 saturated carbocycles. The summed E-state index contributed by atoms with van der Waals surface area (Å²) in [6.45, 7) is 4.34. The largest absolute Gasteiger partial charge is 0.457 e. The van der Waals surface area contributed by atoms with Gasteiger partial charge in [-0.2, -0.15) is 0 Å². The highest BCUT2D eigenvalue weighted by Gasteiger charge is 2.28. The minimum Gasteiger partial charge on any atom is -0.457 e. The Kier molecular flexibility index (Phi) is 4.93. The van der Waals surface area contributed by atoms with Crippen LogP contribution in [0.5, 0.6) is 11.5 Å². The summed E-state index contributed by atoms with van der Waals surface area (Å²) in [5, 5.41) is 6.23. The Morgan fingerprint density at radius 1 is 1.17 bits per heavy atom. The van der Waals surface area contributed by atoms with E-state index in [1.807, 2.05) is 61.5 Å². The summed E-state index contributed by atoms with van der Waals surface area (Å²) >= 11 is 0. The van der Waals surface area contributed by atoms with Crippen molar-refractivity contribution in [2.45, 2.75) is 13.5 Å². The van der Waals surface area contributed by atoms with Crippen molar-refractivity contribution in [3.8, 4) is 11.5 Å². The van der Waals surface area contributed by atoms with Crippen LogP contribution in [0.4, 0.5) is 0 Å². The first kappa shape index (κ1) is 15.6. The highest BCUT2D eigenvalue weighted by molar-refractivity contribution is 5.78. The summed E-state index contributed by atoms with van der Waals surface area (Å²) in [6.07, 6.45) is 0. The highest BCUT2D eigenvalue weighted by atomic mass is 16.5. The van der Waals surface area contributed by atoms with E-state index >= 15 is 0 Å². The predicted octanol–water partition coefficient (Wildman–Crippen LogP) is 2.95. The van der Waals surface area contributed by atoms with Gasteiger partial charge in [-0.3, -0.25) is 4.79 Å².